The molecule has 3 rings (SSSR count). The van der Waals surface area contributed by atoms with Crippen LogP contribution in [0.1, 0.15) is 32.1 Å². The van der Waals surface area contributed by atoms with Crippen LogP contribution in [0.4, 0.5) is 0 Å². The predicted molar refractivity (Wildman–Crippen MR) is 91.6 cm³/mol. The van der Waals surface area contributed by atoms with Crippen molar-refractivity contribution >= 4 is 21.8 Å². The van der Waals surface area contributed by atoms with Gasteiger partial charge in [0.15, 0.2) is 0 Å². The molecule has 10 heteroatoms. The molecule has 2 aliphatic rings. The second-order valence-corrected chi connectivity index (χ2v) is 8.44. The van der Waals surface area contributed by atoms with Crippen LogP contribution in [-0.4, -0.2) is 70.9 Å². The molecule has 0 spiro atoms. The zero-order valence-corrected chi connectivity index (χ0v) is 15.2. The van der Waals surface area contributed by atoms with E-state index in [4.69, 9.17) is 4.74 Å². The average Bonchev–Trinajstić information content (AvgIpc) is 2.63. The molecule has 2 aliphatic heterocycles. The Balaban J connectivity index is 1.49. The van der Waals surface area contributed by atoms with Gasteiger partial charge in [0.2, 0.25) is 21.8 Å². The van der Waals surface area contributed by atoms with Gasteiger partial charge in [-0.1, -0.05) is 0 Å². The van der Waals surface area contributed by atoms with Gasteiger partial charge in [-0.3, -0.25) is 14.5 Å². The molecular formula is C16H22N4O5S. The first-order chi connectivity index (χ1) is 12.5. The predicted octanol–water partition coefficient (Wildman–Crippen LogP) is 0.189. The Labute approximate surface area is 152 Å². The van der Waals surface area contributed by atoms with Gasteiger partial charge in [0, 0.05) is 44.9 Å². The second-order valence-electron chi connectivity index (χ2n) is 6.36. The highest BCUT2D eigenvalue weighted by Crippen LogP contribution is 2.19. The Morgan fingerprint density at radius 3 is 2.31 bits per heavy atom. The number of nitrogens with zero attached hydrogens (tertiary/aromatic N) is 4. The number of ether oxygens (including phenoxy) is 1. The van der Waals surface area contributed by atoms with Gasteiger partial charge in [0.25, 0.3) is 0 Å². The van der Waals surface area contributed by atoms with Gasteiger partial charge < -0.3 is 4.74 Å². The highest BCUT2D eigenvalue weighted by Gasteiger charge is 2.32. The number of amides is 2. The summed E-state index contributed by atoms with van der Waals surface area (Å²) in [5, 5.41) is 0. The SMILES string of the molecule is O=C1CCCC(=O)N1CCS(=O)(=O)N1CCC(Oc2ncccn2)CC1. The molecule has 2 saturated heterocycles. The Morgan fingerprint density at radius 2 is 1.69 bits per heavy atom. The fraction of sp³-hybridized carbons (Fsp3) is 0.625. The van der Waals surface area contributed by atoms with Crippen molar-refractivity contribution in [2.45, 2.75) is 38.2 Å². The van der Waals surface area contributed by atoms with Crippen LogP contribution in [0.2, 0.25) is 0 Å². The summed E-state index contributed by atoms with van der Waals surface area (Å²) in [6.45, 7) is 0.595. The third-order valence-electron chi connectivity index (χ3n) is 4.56. The number of sulfonamides is 1. The lowest BCUT2D eigenvalue weighted by atomic mass is 10.1. The van der Waals surface area contributed by atoms with Crippen molar-refractivity contribution in [2.24, 2.45) is 0 Å². The van der Waals surface area contributed by atoms with Crippen molar-refractivity contribution in [1.29, 1.82) is 0 Å². The first kappa shape index (κ1) is 18.7. The summed E-state index contributed by atoms with van der Waals surface area (Å²) in [5.74, 6) is -0.810. The Bertz CT molecular complexity index is 731. The molecule has 142 valence electrons. The zero-order valence-electron chi connectivity index (χ0n) is 14.4. The fourth-order valence-electron chi connectivity index (χ4n) is 3.11. The van der Waals surface area contributed by atoms with Crippen LogP contribution < -0.4 is 4.74 Å². The van der Waals surface area contributed by atoms with Gasteiger partial charge in [0.1, 0.15) is 6.10 Å². The molecule has 0 radical (unpaired) electrons. The molecule has 1 aromatic heterocycles. The molecule has 3 heterocycles. The van der Waals surface area contributed by atoms with E-state index in [9.17, 15) is 18.0 Å². The number of hydrogen-bond acceptors (Lipinski definition) is 7. The van der Waals surface area contributed by atoms with E-state index in [1.807, 2.05) is 0 Å². The Kier molecular flexibility index (Phi) is 5.82. The maximum Gasteiger partial charge on any atom is 0.316 e. The van der Waals surface area contributed by atoms with Gasteiger partial charge >= 0.3 is 6.01 Å². The highest BCUT2D eigenvalue weighted by molar-refractivity contribution is 7.89. The molecule has 0 bridgehead atoms. The van der Waals surface area contributed by atoms with Crippen molar-refractivity contribution in [1.82, 2.24) is 19.2 Å². The third-order valence-corrected chi connectivity index (χ3v) is 6.42. The molecule has 0 saturated carbocycles. The van der Waals surface area contributed by atoms with Crippen LogP contribution in [-0.2, 0) is 19.6 Å². The molecule has 2 fully saturated rings. The summed E-state index contributed by atoms with van der Waals surface area (Å²) >= 11 is 0. The Hall–Kier alpha value is -2.07. The van der Waals surface area contributed by atoms with Crippen molar-refractivity contribution in [3.63, 3.8) is 0 Å². The average molecular weight is 382 g/mol. The van der Waals surface area contributed by atoms with Crippen molar-refractivity contribution in [2.75, 3.05) is 25.4 Å². The topological polar surface area (TPSA) is 110 Å². The molecular weight excluding hydrogens is 360 g/mol. The maximum atomic E-state index is 12.5. The van der Waals surface area contributed by atoms with Crippen LogP contribution in [0.15, 0.2) is 18.5 Å². The van der Waals surface area contributed by atoms with Gasteiger partial charge in [-0.15, -0.1) is 0 Å². The highest BCUT2D eigenvalue weighted by atomic mass is 32.2. The van der Waals surface area contributed by atoms with E-state index >= 15 is 0 Å². The number of imide groups is 1. The summed E-state index contributed by atoms with van der Waals surface area (Å²) < 4.78 is 32.1. The van der Waals surface area contributed by atoms with E-state index in [2.05, 4.69) is 9.97 Å². The Morgan fingerprint density at radius 1 is 1.08 bits per heavy atom. The molecule has 2 amide bonds. The van der Waals surface area contributed by atoms with E-state index in [0.29, 0.717) is 45.2 Å². The second kappa shape index (κ2) is 8.09. The number of likely N-dealkylation sites (tertiary alicyclic amines) is 1. The maximum absolute atomic E-state index is 12.5. The molecule has 0 unspecified atom stereocenters. The van der Waals surface area contributed by atoms with E-state index in [-0.39, 0.29) is 36.2 Å². The first-order valence-electron chi connectivity index (χ1n) is 8.70. The molecule has 0 aliphatic carbocycles. The smallest absolute Gasteiger partial charge is 0.316 e. The lowest BCUT2D eigenvalue weighted by molar-refractivity contribution is -0.147. The monoisotopic (exact) mass is 382 g/mol. The normalized spacial score (nSPS) is 20.4. The minimum atomic E-state index is -3.53. The van der Waals surface area contributed by atoms with Gasteiger partial charge in [-0.05, 0) is 25.3 Å². The first-order valence-corrected chi connectivity index (χ1v) is 10.3. The number of piperidine rings is 2. The summed E-state index contributed by atoms with van der Waals surface area (Å²) in [4.78, 5) is 32.6. The quantitative estimate of drug-likeness (QED) is 0.646. The van der Waals surface area contributed by atoms with Crippen molar-refractivity contribution in [3.05, 3.63) is 18.5 Å². The number of rotatable bonds is 6. The van der Waals surface area contributed by atoms with E-state index < -0.39 is 10.0 Å². The van der Waals surface area contributed by atoms with Gasteiger partial charge in [-0.25, -0.2) is 22.7 Å². The van der Waals surface area contributed by atoms with Crippen LogP contribution in [0.5, 0.6) is 6.01 Å². The largest absolute Gasteiger partial charge is 0.460 e. The van der Waals surface area contributed by atoms with Crippen molar-refractivity contribution < 1.29 is 22.7 Å². The molecule has 26 heavy (non-hydrogen) atoms. The molecule has 9 nitrogen and oxygen atoms in total. The number of carbonyl (C=O) groups excluding carboxylic acids is 2. The van der Waals surface area contributed by atoms with Crippen LogP contribution in [0, 0.1) is 0 Å². The minimum absolute atomic E-state index is 0.0751. The fourth-order valence-corrected chi connectivity index (χ4v) is 4.55. The lowest BCUT2D eigenvalue weighted by Gasteiger charge is -2.31. The van der Waals surface area contributed by atoms with E-state index in [1.165, 1.54) is 4.31 Å². The van der Waals surface area contributed by atoms with E-state index in [0.717, 1.165) is 4.90 Å². The molecule has 0 atom stereocenters. The third kappa shape index (κ3) is 4.55. The summed E-state index contributed by atoms with van der Waals surface area (Å²) in [6, 6.07) is 1.98. The van der Waals surface area contributed by atoms with Gasteiger partial charge in [-0.2, -0.15) is 0 Å². The van der Waals surface area contributed by atoms with Gasteiger partial charge in [0.05, 0.1) is 5.75 Å². The molecule has 0 N–H and O–H groups in total. The standard InChI is InChI=1S/C16H22N4O5S/c21-14-3-1-4-15(22)20(14)11-12-26(23,24)19-9-5-13(6-10-19)25-16-17-7-2-8-18-16/h2,7-8,13H,1,3-6,9-12H2. The summed E-state index contributed by atoms with van der Waals surface area (Å²) in [6.07, 6.45) is 5.27. The van der Waals surface area contributed by atoms with E-state index in [1.54, 1.807) is 18.5 Å². The van der Waals surface area contributed by atoms with Crippen LogP contribution in [0.25, 0.3) is 0 Å². The van der Waals surface area contributed by atoms with Crippen molar-refractivity contribution in [3.8, 4) is 6.01 Å². The minimum Gasteiger partial charge on any atom is -0.460 e. The molecule has 1 aromatic rings. The van der Waals surface area contributed by atoms with Crippen LogP contribution >= 0.6 is 0 Å². The number of aromatic nitrogens is 2. The summed E-state index contributed by atoms with van der Waals surface area (Å²) in [7, 11) is -3.53. The lowest BCUT2D eigenvalue weighted by Crippen LogP contribution is -2.47. The molecule has 0 aromatic carbocycles. The number of hydrogen-bond donors (Lipinski definition) is 0. The zero-order chi connectivity index (χ0) is 18.6. The summed E-state index contributed by atoms with van der Waals surface area (Å²) in [5.41, 5.74) is 0. The number of carbonyl (C=O) groups is 2. The van der Waals surface area contributed by atoms with Crippen LogP contribution in [0.3, 0.4) is 0 Å².